The van der Waals surface area contributed by atoms with E-state index in [0.717, 1.165) is 32.3 Å². The van der Waals surface area contributed by atoms with Gasteiger partial charge in [-0.2, -0.15) is 4.99 Å². The maximum atomic E-state index is 13.6. The molecule has 1 aliphatic heterocycles. The quantitative estimate of drug-likeness (QED) is 0.0299. The van der Waals surface area contributed by atoms with Crippen LogP contribution in [0.15, 0.2) is 51.5 Å². The van der Waals surface area contributed by atoms with E-state index in [9.17, 15) is 19.2 Å². The van der Waals surface area contributed by atoms with Crippen molar-refractivity contribution in [3.8, 4) is 11.5 Å². The van der Waals surface area contributed by atoms with Crippen molar-refractivity contribution < 1.29 is 37.8 Å². The molecule has 0 saturated carbocycles. The molecule has 0 unspecified atom stereocenters. The number of thiazole rings is 1. The molecule has 1 fully saturated rings. The van der Waals surface area contributed by atoms with Gasteiger partial charge in [-0.05, 0) is 43.5 Å². The number of hydrogen-bond donors (Lipinski definition) is 3. The maximum absolute atomic E-state index is 13.6. The zero-order valence-electron chi connectivity index (χ0n) is 33.8. The third-order valence-corrected chi connectivity index (χ3v) is 10.6. The predicted octanol–water partition coefficient (Wildman–Crippen LogP) is 4.32. The van der Waals surface area contributed by atoms with Gasteiger partial charge < -0.3 is 33.1 Å². The maximum Gasteiger partial charge on any atom is 0.317 e. The van der Waals surface area contributed by atoms with Gasteiger partial charge in [0.05, 0.1) is 42.8 Å². The molecular formula is C41H49N9O8S. The minimum Gasteiger partial charge on any atom is -0.494 e. The highest BCUT2D eigenvalue weighted by Gasteiger charge is 2.21. The topological polar surface area (TPSA) is 210 Å². The number of methoxy groups -OCH3 is 1. The van der Waals surface area contributed by atoms with Gasteiger partial charge in [0.2, 0.25) is 11.7 Å². The fraction of sp³-hybridized carbons (Fsp3) is 0.390. The summed E-state index contributed by atoms with van der Waals surface area (Å²) in [7, 11) is 1.49. The first-order chi connectivity index (χ1) is 28.6. The number of imidazole rings is 1. The molecule has 2 aromatic carbocycles. The highest BCUT2D eigenvalue weighted by atomic mass is 32.1. The van der Waals surface area contributed by atoms with Crippen molar-refractivity contribution in [3.05, 3.63) is 81.2 Å². The van der Waals surface area contributed by atoms with Crippen LogP contribution >= 0.6 is 11.3 Å². The lowest BCUT2D eigenvalue weighted by Crippen LogP contribution is -2.37. The van der Waals surface area contributed by atoms with Gasteiger partial charge >= 0.3 is 5.91 Å². The van der Waals surface area contributed by atoms with E-state index < -0.39 is 11.8 Å². The Balaban J connectivity index is 1.40. The highest BCUT2D eigenvalue weighted by molar-refractivity contribution is 7.16. The van der Waals surface area contributed by atoms with E-state index in [1.807, 2.05) is 41.2 Å². The largest absolute Gasteiger partial charge is 0.494 e. The number of aldehydes is 1. The molecule has 0 spiro atoms. The number of aromatic nitrogens is 4. The van der Waals surface area contributed by atoms with Crippen LogP contribution in [0.5, 0.6) is 11.5 Å². The number of ether oxygens (including phenoxy) is 3. The number of nitrogen functional groups attached to an aromatic ring is 1. The number of nitrogens with two attached hydrogens (primary N) is 1. The van der Waals surface area contributed by atoms with Crippen LogP contribution in [0.1, 0.15) is 82.3 Å². The number of morpholine rings is 1. The average molecular weight is 828 g/mol. The second-order valence-electron chi connectivity index (χ2n) is 13.7. The average Bonchev–Trinajstić information content (AvgIpc) is 3.91. The predicted molar refractivity (Wildman–Crippen MR) is 222 cm³/mol. The Bertz CT molecular complexity index is 2490. The third-order valence-electron chi connectivity index (χ3n) is 9.62. The van der Waals surface area contributed by atoms with Crippen molar-refractivity contribution in [2.45, 2.75) is 60.0 Å². The lowest BCUT2D eigenvalue weighted by molar-refractivity contribution is -0.118. The van der Waals surface area contributed by atoms with Gasteiger partial charge in [0.15, 0.2) is 10.7 Å². The number of nitrogens with zero attached hydrogens (tertiary/aromatic N) is 6. The first-order valence-electron chi connectivity index (χ1n) is 19.4. The number of amides is 3. The molecule has 0 atom stereocenters. The Morgan fingerprint density at radius 1 is 1.03 bits per heavy atom. The Morgan fingerprint density at radius 2 is 1.80 bits per heavy atom. The number of rotatable bonds is 17. The van der Waals surface area contributed by atoms with E-state index in [1.54, 1.807) is 31.2 Å². The number of carbonyl (C=O) groups is 4. The minimum absolute atomic E-state index is 0.0647. The van der Waals surface area contributed by atoms with Crippen molar-refractivity contribution in [1.29, 1.82) is 0 Å². The van der Waals surface area contributed by atoms with E-state index >= 15 is 0 Å². The number of fused-ring (bicyclic) bond motifs is 2. The molecule has 3 aromatic heterocycles. The summed E-state index contributed by atoms with van der Waals surface area (Å²) >= 11 is 1.20. The van der Waals surface area contributed by atoms with E-state index in [0.29, 0.717) is 105 Å². The molecule has 4 heterocycles. The third kappa shape index (κ3) is 10.0. The fourth-order valence-corrected chi connectivity index (χ4v) is 7.91. The van der Waals surface area contributed by atoms with Crippen LogP contribution in [0.2, 0.25) is 0 Å². The first-order valence-corrected chi connectivity index (χ1v) is 20.2. The molecule has 0 aliphatic carbocycles. The summed E-state index contributed by atoms with van der Waals surface area (Å²) in [6, 6.07) is 6.67. The van der Waals surface area contributed by atoms with Gasteiger partial charge in [0, 0.05) is 69.5 Å². The first kappa shape index (κ1) is 42.7. The van der Waals surface area contributed by atoms with Gasteiger partial charge in [-0.25, -0.2) is 15.8 Å². The van der Waals surface area contributed by atoms with Crippen LogP contribution in [0.4, 0.5) is 0 Å². The van der Waals surface area contributed by atoms with Gasteiger partial charge in [0.25, 0.3) is 5.91 Å². The molecule has 0 bridgehead atoms. The normalized spacial score (nSPS) is 14.1. The van der Waals surface area contributed by atoms with Crippen molar-refractivity contribution >= 4 is 62.7 Å². The van der Waals surface area contributed by atoms with Gasteiger partial charge in [-0.1, -0.05) is 37.3 Å². The van der Waals surface area contributed by atoms with Crippen LogP contribution in [-0.2, 0) is 29.0 Å². The van der Waals surface area contributed by atoms with Gasteiger partial charge in [0.1, 0.15) is 34.6 Å². The smallest absolute Gasteiger partial charge is 0.317 e. The summed E-state index contributed by atoms with van der Waals surface area (Å²) in [5.41, 5.74) is 5.88. The lowest BCUT2D eigenvalue weighted by atomic mass is 10.2. The molecule has 17 nitrogen and oxygen atoms in total. The van der Waals surface area contributed by atoms with E-state index in [1.165, 1.54) is 25.4 Å². The SMILES string of the molecule is CC/C(=C\c1nc2cc(C=O)cc(OCCCN3CCOCC3)c2n1C/C=C/Cn1c(=NC(=O)c2oc(C)nc2CC)sc2cc(C(=O)NN)cc(OC)c21)NC(C)=O. The Morgan fingerprint density at radius 3 is 2.47 bits per heavy atom. The number of benzene rings is 2. The molecule has 59 heavy (non-hydrogen) atoms. The van der Waals surface area contributed by atoms with Crippen LogP contribution in [0, 0.1) is 6.92 Å². The molecule has 1 saturated heterocycles. The number of nitrogens with one attached hydrogen (secondary N) is 2. The van der Waals surface area contributed by atoms with Crippen LogP contribution in [0.25, 0.3) is 27.3 Å². The molecule has 18 heteroatoms. The number of oxazole rings is 1. The molecule has 4 N–H and O–H groups in total. The second-order valence-corrected chi connectivity index (χ2v) is 14.7. The van der Waals surface area contributed by atoms with Crippen LogP contribution in [-0.4, -0.2) is 94.6 Å². The zero-order valence-corrected chi connectivity index (χ0v) is 34.6. The summed E-state index contributed by atoms with van der Waals surface area (Å²) in [5, 5.41) is 2.89. The summed E-state index contributed by atoms with van der Waals surface area (Å²) in [6.45, 7) is 11.9. The fourth-order valence-electron chi connectivity index (χ4n) is 6.82. The van der Waals surface area contributed by atoms with Crippen molar-refractivity contribution in [3.63, 3.8) is 0 Å². The molecule has 0 radical (unpaired) electrons. The molecule has 5 aromatic rings. The number of aryl methyl sites for hydroxylation is 2. The molecule has 1 aliphatic rings. The second kappa shape index (κ2) is 19.7. The summed E-state index contributed by atoms with van der Waals surface area (Å²) < 4.78 is 27.7. The van der Waals surface area contributed by atoms with E-state index in [-0.39, 0.29) is 23.8 Å². The molecule has 3 amide bonds. The van der Waals surface area contributed by atoms with Gasteiger partial charge in [-0.15, -0.1) is 0 Å². The Labute approximate surface area is 344 Å². The zero-order chi connectivity index (χ0) is 42.1. The highest BCUT2D eigenvalue weighted by Crippen LogP contribution is 2.32. The van der Waals surface area contributed by atoms with Crippen molar-refractivity contribution in [1.82, 2.24) is 34.7 Å². The Hall–Kier alpha value is -5.95. The molecule has 6 rings (SSSR count). The van der Waals surface area contributed by atoms with Crippen LogP contribution in [0.3, 0.4) is 0 Å². The summed E-state index contributed by atoms with van der Waals surface area (Å²) in [6.07, 6.45) is 8.25. The number of carbonyl (C=O) groups excluding carboxylic acids is 4. The number of allylic oxidation sites excluding steroid dienone is 3. The lowest BCUT2D eigenvalue weighted by Gasteiger charge is -2.26. The van der Waals surface area contributed by atoms with Crippen molar-refractivity contribution in [2.75, 3.05) is 46.6 Å². The molecular weight excluding hydrogens is 779 g/mol. The van der Waals surface area contributed by atoms with Crippen molar-refractivity contribution in [2.24, 2.45) is 10.8 Å². The monoisotopic (exact) mass is 827 g/mol. The number of hydrogen-bond acceptors (Lipinski definition) is 13. The van der Waals surface area contributed by atoms with Crippen LogP contribution < -0.4 is 30.9 Å². The summed E-state index contributed by atoms with van der Waals surface area (Å²) in [5.74, 6) is 6.01. The molecule has 312 valence electrons. The standard InChI is InChI=1S/C41H49N9O8S/c1-6-29(43-25(3)52)23-35-45-31-19-27(24-51)20-33(57-16-10-11-48-14-17-56-18-15-48)36(31)49(35)12-8-9-13-50-37-32(55-5)21-28(39(53)47-42)22-34(37)59-41(50)46-40(54)38-30(7-2)44-26(4)58-38/h8-9,19-24H,6-7,10-18,42H2,1-5H3,(H,43,52)(H,47,53)/b9-8+,29-23+,46-41?. The van der Waals surface area contributed by atoms with E-state index in [4.69, 9.17) is 29.5 Å². The summed E-state index contributed by atoms with van der Waals surface area (Å²) in [4.78, 5) is 66.7. The van der Waals surface area contributed by atoms with E-state index in [2.05, 4.69) is 25.6 Å². The van der Waals surface area contributed by atoms with Gasteiger partial charge in [-0.3, -0.25) is 29.5 Å². The number of hydrazine groups is 1. The Kier molecular flexibility index (Phi) is 14.2. The minimum atomic E-state index is -0.593.